The molecule has 0 radical (unpaired) electrons. The number of nitrogens with zero attached hydrogens (tertiary/aromatic N) is 3. The molecule has 19 heavy (non-hydrogen) atoms. The summed E-state index contributed by atoms with van der Waals surface area (Å²) >= 11 is 5.52. The topological polar surface area (TPSA) is 92.6 Å². The molecule has 104 valence electrons. The molecule has 0 unspecified atom stereocenters. The summed E-state index contributed by atoms with van der Waals surface area (Å²) in [5.41, 5.74) is -0.348. The van der Waals surface area contributed by atoms with Crippen LogP contribution >= 0.6 is 11.6 Å². The summed E-state index contributed by atoms with van der Waals surface area (Å²) in [4.78, 5) is 30.7. The summed E-state index contributed by atoms with van der Waals surface area (Å²) in [6, 6.07) is 0. The Hall–Kier alpha value is -1.89. The van der Waals surface area contributed by atoms with Crippen molar-refractivity contribution >= 4 is 23.8 Å². The monoisotopic (exact) mass is 287 g/mol. The number of halogens is 1. The van der Waals surface area contributed by atoms with Gasteiger partial charge in [-0.3, -0.25) is 0 Å². The van der Waals surface area contributed by atoms with Crippen LogP contribution in [0.25, 0.3) is 0 Å². The molecule has 0 aliphatic heterocycles. The van der Waals surface area contributed by atoms with Gasteiger partial charge in [-0.2, -0.15) is 0 Å². The summed E-state index contributed by atoms with van der Waals surface area (Å²) in [5, 5.41) is 9.06. The van der Waals surface area contributed by atoms with E-state index in [9.17, 15) is 9.59 Å². The lowest BCUT2D eigenvalue weighted by molar-refractivity contribution is 0.0255. The number of amides is 2. The minimum Gasteiger partial charge on any atom is -0.465 e. The normalized spacial score (nSPS) is 10.9. The summed E-state index contributed by atoms with van der Waals surface area (Å²) in [5.74, 6) is 0. The van der Waals surface area contributed by atoms with Crippen molar-refractivity contribution in [1.82, 2.24) is 14.9 Å². The van der Waals surface area contributed by atoms with E-state index in [0.29, 0.717) is 10.5 Å². The number of aromatic nitrogens is 2. The lowest BCUT2D eigenvalue weighted by atomic mass is 10.2. The van der Waals surface area contributed by atoms with E-state index in [1.54, 1.807) is 20.8 Å². The second-order valence-electron chi connectivity index (χ2n) is 4.71. The number of imide groups is 1. The number of hydrogen-bond donors (Lipinski definition) is 1. The van der Waals surface area contributed by atoms with Gasteiger partial charge in [-0.15, -0.1) is 0 Å². The molecule has 0 saturated carbocycles. The quantitative estimate of drug-likeness (QED) is 0.840. The number of rotatable bonds is 2. The van der Waals surface area contributed by atoms with Gasteiger partial charge in [0.2, 0.25) is 5.28 Å². The molecule has 1 aromatic heterocycles. The number of carboxylic acid groups (broad SMARTS) is 1. The van der Waals surface area contributed by atoms with E-state index >= 15 is 0 Å². The third-order valence-corrected chi connectivity index (χ3v) is 2.05. The zero-order chi connectivity index (χ0) is 14.6. The average Bonchev–Trinajstić information content (AvgIpc) is 2.25. The summed E-state index contributed by atoms with van der Waals surface area (Å²) in [6.07, 6.45) is 0.324. The van der Waals surface area contributed by atoms with Gasteiger partial charge in [0.1, 0.15) is 5.60 Å². The van der Waals surface area contributed by atoms with E-state index in [2.05, 4.69) is 9.97 Å². The van der Waals surface area contributed by atoms with E-state index in [-0.39, 0.29) is 11.8 Å². The van der Waals surface area contributed by atoms with Crippen LogP contribution in [-0.4, -0.2) is 37.8 Å². The second kappa shape index (κ2) is 5.83. The van der Waals surface area contributed by atoms with Gasteiger partial charge in [-0.25, -0.2) is 24.5 Å². The van der Waals surface area contributed by atoms with E-state index in [1.807, 2.05) is 0 Å². The van der Waals surface area contributed by atoms with E-state index in [1.165, 1.54) is 12.4 Å². The van der Waals surface area contributed by atoms with Crippen LogP contribution in [0, 0.1) is 0 Å². The van der Waals surface area contributed by atoms with Gasteiger partial charge in [0.25, 0.3) is 0 Å². The van der Waals surface area contributed by atoms with Crippen molar-refractivity contribution < 1.29 is 19.4 Å². The Balaban J connectivity index is 2.81. The van der Waals surface area contributed by atoms with Crippen molar-refractivity contribution in [1.29, 1.82) is 0 Å². The van der Waals surface area contributed by atoms with Crippen LogP contribution in [0.5, 0.6) is 0 Å². The lowest BCUT2D eigenvalue weighted by Crippen LogP contribution is -2.39. The zero-order valence-electron chi connectivity index (χ0n) is 10.8. The van der Waals surface area contributed by atoms with Crippen molar-refractivity contribution in [2.24, 2.45) is 0 Å². The Morgan fingerprint density at radius 3 is 2.32 bits per heavy atom. The Kier molecular flexibility index (Phi) is 4.66. The van der Waals surface area contributed by atoms with Crippen LogP contribution < -0.4 is 0 Å². The van der Waals surface area contributed by atoms with Crippen molar-refractivity contribution in [2.45, 2.75) is 32.9 Å². The molecule has 0 aliphatic rings. The van der Waals surface area contributed by atoms with Crippen molar-refractivity contribution in [3.05, 3.63) is 23.2 Å². The Labute approximate surface area is 115 Å². The fourth-order valence-electron chi connectivity index (χ4n) is 1.13. The van der Waals surface area contributed by atoms with Gasteiger partial charge >= 0.3 is 12.2 Å². The third kappa shape index (κ3) is 5.09. The number of carbonyl (C=O) groups excluding carboxylic acids is 1. The molecular formula is C11H14ClN3O4. The smallest absolute Gasteiger partial charge is 0.420 e. The first-order valence-corrected chi connectivity index (χ1v) is 5.77. The standard InChI is InChI=1S/C11H14ClN3O4/c1-11(2,3)19-10(18)15(9(16)17)6-7-4-13-8(12)14-5-7/h4-5H,6H2,1-3H3,(H,16,17). The largest absolute Gasteiger partial charge is 0.465 e. The molecule has 7 nitrogen and oxygen atoms in total. The molecular weight excluding hydrogens is 274 g/mol. The molecule has 0 spiro atoms. The van der Waals surface area contributed by atoms with Crippen LogP contribution in [0.3, 0.4) is 0 Å². The highest BCUT2D eigenvalue weighted by Crippen LogP contribution is 2.12. The fourth-order valence-corrected chi connectivity index (χ4v) is 1.23. The van der Waals surface area contributed by atoms with E-state index in [4.69, 9.17) is 21.4 Å². The molecule has 0 saturated heterocycles. The van der Waals surface area contributed by atoms with Gasteiger partial charge in [-0.05, 0) is 32.4 Å². The van der Waals surface area contributed by atoms with Crippen LogP contribution in [0.4, 0.5) is 9.59 Å². The SMILES string of the molecule is CC(C)(C)OC(=O)N(Cc1cnc(Cl)nc1)C(=O)O. The fraction of sp³-hybridized carbons (Fsp3) is 0.455. The maximum Gasteiger partial charge on any atom is 0.420 e. The summed E-state index contributed by atoms with van der Waals surface area (Å²) in [7, 11) is 0. The lowest BCUT2D eigenvalue weighted by Gasteiger charge is -2.24. The van der Waals surface area contributed by atoms with Crippen molar-refractivity contribution in [2.75, 3.05) is 0 Å². The highest BCUT2D eigenvalue weighted by atomic mass is 35.5. The Bertz CT molecular complexity index is 470. The Morgan fingerprint density at radius 2 is 1.89 bits per heavy atom. The van der Waals surface area contributed by atoms with E-state index in [0.717, 1.165) is 0 Å². The predicted octanol–water partition coefficient (Wildman–Crippen LogP) is 2.55. The van der Waals surface area contributed by atoms with Crippen LogP contribution in [0.15, 0.2) is 12.4 Å². The maximum absolute atomic E-state index is 11.7. The molecule has 0 aromatic carbocycles. The van der Waals surface area contributed by atoms with Crippen LogP contribution in [-0.2, 0) is 11.3 Å². The molecule has 0 aliphatic carbocycles. The average molecular weight is 288 g/mol. The summed E-state index contributed by atoms with van der Waals surface area (Å²) in [6.45, 7) is 4.74. The number of carbonyl (C=O) groups is 2. The molecule has 0 atom stereocenters. The zero-order valence-corrected chi connectivity index (χ0v) is 11.5. The van der Waals surface area contributed by atoms with Gasteiger partial charge < -0.3 is 9.84 Å². The van der Waals surface area contributed by atoms with Gasteiger partial charge in [0.05, 0.1) is 6.54 Å². The molecule has 1 heterocycles. The predicted molar refractivity (Wildman–Crippen MR) is 66.8 cm³/mol. The van der Waals surface area contributed by atoms with E-state index < -0.39 is 17.8 Å². The summed E-state index contributed by atoms with van der Waals surface area (Å²) < 4.78 is 5.00. The minimum atomic E-state index is -1.41. The molecule has 1 N–H and O–H groups in total. The van der Waals surface area contributed by atoms with Crippen molar-refractivity contribution in [3.8, 4) is 0 Å². The molecule has 0 bridgehead atoms. The first-order chi connectivity index (χ1) is 8.69. The van der Waals surface area contributed by atoms with Gasteiger partial charge in [0, 0.05) is 18.0 Å². The molecule has 0 fully saturated rings. The molecule has 1 rings (SSSR count). The molecule has 8 heteroatoms. The number of ether oxygens (including phenoxy) is 1. The Morgan fingerprint density at radius 1 is 1.37 bits per heavy atom. The first-order valence-electron chi connectivity index (χ1n) is 5.39. The maximum atomic E-state index is 11.7. The third-order valence-electron chi connectivity index (χ3n) is 1.86. The minimum absolute atomic E-state index is 0.0443. The van der Waals surface area contributed by atoms with Gasteiger partial charge in [0.15, 0.2) is 0 Å². The number of hydrogen-bond acceptors (Lipinski definition) is 5. The van der Waals surface area contributed by atoms with Crippen LogP contribution in [0.1, 0.15) is 26.3 Å². The van der Waals surface area contributed by atoms with Gasteiger partial charge in [-0.1, -0.05) is 0 Å². The highest BCUT2D eigenvalue weighted by Gasteiger charge is 2.27. The molecule has 1 aromatic rings. The first kappa shape index (κ1) is 15.2. The highest BCUT2D eigenvalue weighted by molar-refractivity contribution is 6.28. The molecule has 2 amide bonds. The van der Waals surface area contributed by atoms with Crippen molar-refractivity contribution in [3.63, 3.8) is 0 Å². The van der Waals surface area contributed by atoms with Crippen LogP contribution in [0.2, 0.25) is 5.28 Å². The second-order valence-corrected chi connectivity index (χ2v) is 5.05.